The van der Waals surface area contributed by atoms with Gasteiger partial charge in [0, 0.05) is 18.5 Å². The maximum Gasteiger partial charge on any atom is 0.354 e. The van der Waals surface area contributed by atoms with Crippen LogP contribution >= 0.6 is 0 Å². The predicted octanol–water partition coefficient (Wildman–Crippen LogP) is 0.987. The maximum absolute atomic E-state index is 10.8. The number of β-amino-alcohol motifs (C(OH)–C–C–N with tert-alkyl or cyclic N) is 1. The summed E-state index contributed by atoms with van der Waals surface area (Å²) < 4.78 is 0. The molecule has 0 amide bonds. The lowest BCUT2D eigenvalue weighted by Crippen LogP contribution is -2.26. The Morgan fingerprint density at radius 3 is 2.76 bits per heavy atom. The number of carboxylic acids is 1. The normalized spacial score (nSPS) is 22.8. The highest BCUT2D eigenvalue weighted by atomic mass is 16.4. The van der Waals surface area contributed by atoms with Gasteiger partial charge in [-0.1, -0.05) is 19.9 Å². The molecule has 0 aromatic carbocycles. The molecule has 1 unspecified atom stereocenters. The van der Waals surface area contributed by atoms with Gasteiger partial charge in [0.05, 0.1) is 6.10 Å². The lowest BCUT2D eigenvalue weighted by molar-refractivity contribution is 0.0690. The molecule has 5 heteroatoms. The van der Waals surface area contributed by atoms with E-state index in [1.54, 1.807) is 12.1 Å². The highest BCUT2D eigenvalue weighted by Crippen LogP contribution is 2.32. The average molecular weight is 236 g/mol. The average Bonchev–Trinajstić information content (AvgIpc) is 2.54. The zero-order valence-electron chi connectivity index (χ0n) is 9.92. The molecule has 1 fully saturated rings. The lowest BCUT2D eigenvalue weighted by Gasteiger charge is -2.21. The van der Waals surface area contributed by atoms with Crippen LogP contribution in [0.1, 0.15) is 24.3 Å². The van der Waals surface area contributed by atoms with Gasteiger partial charge in [0.15, 0.2) is 5.69 Å². The summed E-state index contributed by atoms with van der Waals surface area (Å²) in [6.45, 7) is 5.13. The van der Waals surface area contributed by atoms with Gasteiger partial charge >= 0.3 is 5.97 Å². The van der Waals surface area contributed by atoms with Crippen molar-refractivity contribution in [2.45, 2.75) is 20.0 Å². The maximum atomic E-state index is 10.8. The molecule has 0 radical (unpaired) electrons. The Kier molecular flexibility index (Phi) is 2.79. The van der Waals surface area contributed by atoms with Crippen LogP contribution in [-0.2, 0) is 0 Å². The van der Waals surface area contributed by atoms with Crippen molar-refractivity contribution in [3.63, 3.8) is 0 Å². The number of aliphatic hydroxyl groups excluding tert-OH is 1. The smallest absolute Gasteiger partial charge is 0.354 e. The number of aromatic nitrogens is 1. The van der Waals surface area contributed by atoms with E-state index in [1.165, 1.54) is 6.07 Å². The van der Waals surface area contributed by atoms with Crippen LogP contribution < -0.4 is 4.90 Å². The second-order valence-corrected chi connectivity index (χ2v) is 5.07. The van der Waals surface area contributed by atoms with Crippen molar-refractivity contribution in [2.24, 2.45) is 5.41 Å². The quantitative estimate of drug-likeness (QED) is 0.801. The van der Waals surface area contributed by atoms with Crippen LogP contribution in [0.3, 0.4) is 0 Å². The largest absolute Gasteiger partial charge is 0.477 e. The third-order valence-electron chi connectivity index (χ3n) is 3.17. The van der Waals surface area contributed by atoms with Gasteiger partial charge in [0.1, 0.15) is 5.82 Å². The fourth-order valence-electron chi connectivity index (χ4n) is 2.01. The van der Waals surface area contributed by atoms with Crippen LogP contribution in [0.15, 0.2) is 18.2 Å². The summed E-state index contributed by atoms with van der Waals surface area (Å²) in [6.07, 6.45) is -0.419. The standard InChI is InChI=1S/C12H16N2O3/c1-12(2)7-14(6-9(12)15)10-5-3-4-8(13-10)11(16)17/h3-5,9,15H,6-7H2,1-2H3,(H,16,17). The minimum absolute atomic E-state index is 0.0293. The number of hydrogen-bond acceptors (Lipinski definition) is 4. The highest BCUT2D eigenvalue weighted by molar-refractivity contribution is 5.85. The third kappa shape index (κ3) is 2.24. The van der Waals surface area contributed by atoms with E-state index in [-0.39, 0.29) is 11.1 Å². The number of pyridine rings is 1. The zero-order valence-corrected chi connectivity index (χ0v) is 9.92. The van der Waals surface area contributed by atoms with Gasteiger partial charge in [-0.25, -0.2) is 9.78 Å². The molecule has 92 valence electrons. The van der Waals surface area contributed by atoms with Crippen molar-refractivity contribution in [1.82, 2.24) is 4.98 Å². The van der Waals surface area contributed by atoms with Gasteiger partial charge < -0.3 is 15.1 Å². The topological polar surface area (TPSA) is 73.7 Å². The van der Waals surface area contributed by atoms with E-state index in [2.05, 4.69) is 4.98 Å². The summed E-state index contributed by atoms with van der Waals surface area (Å²) >= 11 is 0. The van der Waals surface area contributed by atoms with Crippen molar-refractivity contribution in [3.05, 3.63) is 23.9 Å². The molecule has 1 saturated heterocycles. The molecule has 1 aromatic heterocycles. The van der Waals surface area contributed by atoms with Crippen LogP contribution in [0.25, 0.3) is 0 Å². The van der Waals surface area contributed by atoms with E-state index < -0.39 is 12.1 Å². The summed E-state index contributed by atoms with van der Waals surface area (Å²) in [5.74, 6) is -0.430. The van der Waals surface area contributed by atoms with E-state index >= 15 is 0 Å². The first-order valence-electron chi connectivity index (χ1n) is 5.53. The van der Waals surface area contributed by atoms with Gasteiger partial charge in [-0.2, -0.15) is 0 Å². The summed E-state index contributed by atoms with van der Waals surface area (Å²) in [4.78, 5) is 16.8. The monoisotopic (exact) mass is 236 g/mol. The first-order valence-corrected chi connectivity index (χ1v) is 5.53. The van der Waals surface area contributed by atoms with Crippen molar-refractivity contribution in [3.8, 4) is 0 Å². The molecule has 17 heavy (non-hydrogen) atoms. The molecule has 2 heterocycles. The molecular weight excluding hydrogens is 220 g/mol. The van der Waals surface area contributed by atoms with Crippen LogP contribution in [-0.4, -0.2) is 40.4 Å². The van der Waals surface area contributed by atoms with Crippen molar-refractivity contribution in [2.75, 3.05) is 18.0 Å². The van der Waals surface area contributed by atoms with Gasteiger partial charge in [-0.3, -0.25) is 0 Å². The number of anilines is 1. The Morgan fingerprint density at radius 2 is 2.24 bits per heavy atom. The number of carbonyl (C=O) groups is 1. The number of rotatable bonds is 2. The van der Waals surface area contributed by atoms with Crippen molar-refractivity contribution >= 4 is 11.8 Å². The Labute approximate surface area is 99.7 Å². The second kappa shape index (κ2) is 4.00. The van der Waals surface area contributed by atoms with Gasteiger partial charge in [0.25, 0.3) is 0 Å². The molecule has 2 N–H and O–H groups in total. The molecule has 0 saturated carbocycles. The SMILES string of the molecule is CC1(C)CN(c2cccc(C(=O)O)n2)CC1O. The molecule has 0 aliphatic carbocycles. The number of carboxylic acid groups (broad SMARTS) is 1. The molecular formula is C12H16N2O3. The van der Waals surface area contributed by atoms with Crippen LogP contribution in [0.2, 0.25) is 0 Å². The number of nitrogens with zero attached hydrogens (tertiary/aromatic N) is 2. The molecule has 1 aromatic rings. The fourth-order valence-corrected chi connectivity index (χ4v) is 2.01. The zero-order chi connectivity index (χ0) is 12.6. The van der Waals surface area contributed by atoms with E-state index in [0.717, 1.165) is 0 Å². The van der Waals surface area contributed by atoms with E-state index in [0.29, 0.717) is 18.9 Å². The predicted molar refractivity (Wildman–Crippen MR) is 63.2 cm³/mol. The van der Waals surface area contributed by atoms with E-state index in [4.69, 9.17) is 5.11 Å². The molecule has 1 aliphatic rings. The van der Waals surface area contributed by atoms with Gasteiger partial charge in [-0.15, -0.1) is 0 Å². The van der Waals surface area contributed by atoms with Crippen LogP contribution in [0, 0.1) is 5.41 Å². The summed E-state index contributed by atoms with van der Waals surface area (Å²) in [6, 6.07) is 4.90. The minimum Gasteiger partial charge on any atom is -0.477 e. The summed E-state index contributed by atoms with van der Waals surface area (Å²) in [7, 11) is 0. The van der Waals surface area contributed by atoms with Gasteiger partial charge in [-0.05, 0) is 12.1 Å². The fraction of sp³-hybridized carbons (Fsp3) is 0.500. The highest BCUT2D eigenvalue weighted by Gasteiger charge is 2.38. The second-order valence-electron chi connectivity index (χ2n) is 5.07. The van der Waals surface area contributed by atoms with Crippen LogP contribution in [0.4, 0.5) is 5.82 Å². The minimum atomic E-state index is -1.04. The molecule has 2 rings (SSSR count). The number of aliphatic hydroxyl groups is 1. The molecule has 0 bridgehead atoms. The van der Waals surface area contributed by atoms with E-state index in [1.807, 2.05) is 18.7 Å². The summed E-state index contributed by atoms with van der Waals surface area (Å²) in [5.41, 5.74) is -0.164. The van der Waals surface area contributed by atoms with Crippen molar-refractivity contribution in [1.29, 1.82) is 0 Å². The summed E-state index contributed by atoms with van der Waals surface area (Å²) in [5, 5.41) is 18.8. The Bertz CT molecular complexity index is 445. The first kappa shape index (κ1) is 11.9. The van der Waals surface area contributed by atoms with Gasteiger partial charge in [0.2, 0.25) is 0 Å². The Hall–Kier alpha value is -1.62. The lowest BCUT2D eigenvalue weighted by atomic mass is 9.90. The number of hydrogen-bond donors (Lipinski definition) is 2. The first-order chi connectivity index (χ1) is 7.90. The van der Waals surface area contributed by atoms with Crippen LogP contribution in [0.5, 0.6) is 0 Å². The molecule has 5 nitrogen and oxygen atoms in total. The molecule has 1 aliphatic heterocycles. The van der Waals surface area contributed by atoms with Crippen molar-refractivity contribution < 1.29 is 15.0 Å². The van der Waals surface area contributed by atoms with E-state index in [9.17, 15) is 9.90 Å². The Balaban J connectivity index is 2.25. The molecule has 0 spiro atoms. The molecule has 1 atom stereocenters. The Morgan fingerprint density at radius 1 is 1.53 bits per heavy atom. The third-order valence-corrected chi connectivity index (χ3v) is 3.17. The number of aromatic carboxylic acids is 1.